The molecule has 0 radical (unpaired) electrons. The first-order chi connectivity index (χ1) is 5.88. The number of nitrogens with zero attached hydrogens (tertiary/aromatic N) is 3. The number of H-pyrrole nitrogens is 1. The lowest BCUT2D eigenvalue weighted by molar-refractivity contribution is 0.942. The van der Waals surface area contributed by atoms with Crippen molar-refractivity contribution in [1.29, 1.82) is 0 Å². The Hall–Kier alpha value is -1.91. The first-order valence-corrected chi connectivity index (χ1v) is 3.44. The summed E-state index contributed by atoms with van der Waals surface area (Å²) in [6.45, 7) is 0. The molecule has 12 heavy (non-hydrogen) atoms. The molecule has 0 aliphatic carbocycles. The molecule has 5 nitrogen and oxygen atoms in total. The van der Waals surface area contributed by atoms with Crippen molar-refractivity contribution in [2.45, 2.75) is 0 Å². The number of aromatic amines is 1. The van der Waals surface area contributed by atoms with Gasteiger partial charge in [0.1, 0.15) is 11.5 Å². The molecule has 0 aliphatic heterocycles. The lowest BCUT2D eigenvalue weighted by Gasteiger charge is -1.97. The van der Waals surface area contributed by atoms with Gasteiger partial charge in [0.25, 0.3) is 0 Å². The van der Waals surface area contributed by atoms with E-state index in [0.717, 1.165) is 5.56 Å². The number of hydrogen-bond donors (Lipinski definition) is 2. The minimum absolute atomic E-state index is 0.464. The molecule has 0 amide bonds. The molecule has 0 atom stereocenters. The molecule has 0 aromatic carbocycles. The Kier molecular flexibility index (Phi) is 1.48. The van der Waals surface area contributed by atoms with Crippen LogP contribution in [0.4, 0.5) is 5.82 Å². The van der Waals surface area contributed by atoms with Crippen molar-refractivity contribution in [2.24, 2.45) is 0 Å². The van der Waals surface area contributed by atoms with Crippen LogP contribution >= 0.6 is 0 Å². The third-order valence-electron chi connectivity index (χ3n) is 1.53. The number of aromatic nitrogens is 4. The molecule has 0 fully saturated rings. The molecule has 2 aromatic rings. The molecule has 0 aliphatic rings. The number of anilines is 1. The van der Waals surface area contributed by atoms with Crippen molar-refractivity contribution < 1.29 is 0 Å². The maximum atomic E-state index is 5.62. The van der Waals surface area contributed by atoms with E-state index < -0.39 is 0 Å². The fourth-order valence-corrected chi connectivity index (χ4v) is 0.965. The van der Waals surface area contributed by atoms with Crippen LogP contribution in [0.5, 0.6) is 0 Å². The molecule has 0 saturated carbocycles. The summed E-state index contributed by atoms with van der Waals surface area (Å²) in [6, 6.07) is 3.65. The molecular formula is C7H7N5. The van der Waals surface area contributed by atoms with Gasteiger partial charge in [-0.05, 0) is 12.1 Å². The van der Waals surface area contributed by atoms with Gasteiger partial charge < -0.3 is 5.73 Å². The zero-order valence-corrected chi connectivity index (χ0v) is 6.23. The zero-order chi connectivity index (χ0) is 8.39. The van der Waals surface area contributed by atoms with Crippen LogP contribution in [-0.2, 0) is 0 Å². The highest BCUT2D eigenvalue weighted by Gasteiger charge is 2.03. The second kappa shape index (κ2) is 2.61. The third kappa shape index (κ3) is 1.01. The smallest absolute Gasteiger partial charge is 0.132 e. The summed E-state index contributed by atoms with van der Waals surface area (Å²) in [7, 11) is 0. The molecule has 0 spiro atoms. The molecular weight excluding hydrogens is 154 g/mol. The van der Waals surface area contributed by atoms with E-state index in [1.807, 2.05) is 6.07 Å². The summed E-state index contributed by atoms with van der Waals surface area (Å²) in [5.74, 6) is 0.464. The van der Waals surface area contributed by atoms with Gasteiger partial charge in [0.05, 0.1) is 6.20 Å². The summed E-state index contributed by atoms with van der Waals surface area (Å²) in [4.78, 5) is 3.93. The van der Waals surface area contributed by atoms with Gasteiger partial charge in [0, 0.05) is 11.8 Å². The van der Waals surface area contributed by atoms with Gasteiger partial charge in [-0.2, -0.15) is 15.4 Å². The highest BCUT2D eigenvalue weighted by Crippen LogP contribution is 2.19. The summed E-state index contributed by atoms with van der Waals surface area (Å²) in [5, 5.41) is 10.1. The molecule has 5 heteroatoms. The fourth-order valence-electron chi connectivity index (χ4n) is 0.965. The number of pyridine rings is 1. The van der Waals surface area contributed by atoms with E-state index in [1.54, 1.807) is 18.5 Å². The van der Waals surface area contributed by atoms with Crippen molar-refractivity contribution in [3.63, 3.8) is 0 Å². The van der Waals surface area contributed by atoms with Crippen LogP contribution < -0.4 is 5.73 Å². The van der Waals surface area contributed by atoms with Crippen LogP contribution in [0.25, 0.3) is 11.3 Å². The van der Waals surface area contributed by atoms with E-state index in [-0.39, 0.29) is 0 Å². The van der Waals surface area contributed by atoms with E-state index in [4.69, 9.17) is 5.73 Å². The Labute approximate surface area is 68.6 Å². The number of hydrogen-bond acceptors (Lipinski definition) is 4. The average Bonchev–Trinajstić information content (AvgIpc) is 2.57. The minimum atomic E-state index is 0.464. The summed E-state index contributed by atoms with van der Waals surface area (Å²) < 4.78 is 0. The van der Waals surface area contributed by atoms with Crippen molar-refractivity contribution in [2.75, 3.05) is 5.73 Å². The molecule has 0 unspecified atom stereocenters. The van der Waals surface area contributed by atoms with Crippen LogP contribution in [0.1, 0.15) is 0 Å². The highest BCUT2D eigenvalue weighted by atomic mass is 15.3. The molecule has 3 N–H and O–H groups in total. The topological polar surface area (TPSA) is 80.5 Å². The van der Waals surface area contributed by atoms with E-state index in [2.05, 4.69) is 20.4 Å². The second-order valence-corrected chi connectivity index (χ2v) is 2.29. The number of nitrogen functional groups attached to an aromatic ring is 1. The summed E-state index contributed by atoms with van der Waals surface area (Å²) in [6.07, 6.45) is 3.24. The molecule has 0 bridgehead atoms. The first-order valence-electron chi connectivity index (χ1n) is 3.44. The van der Waals surface area contributed by atoms with Crippen LogP contribution in [0.3, 0.4) is 0 Å². The molecule has 2 aromatic heterocycles. The Morgan fingerprint density at radius 3 is 3.00 bits per heavy atom. The maximum Gasteiger partial charge on any atom is 0.132 e. The minimum Gasteiger partial charge on any atom is -0.383 e. The SMILES string of the molecule is Nc1ncccc1-c1cn[nH]n1. The maximum absolute atomic E-state index is 5.62. The van der Waals surface area contributed by atoms with Gasteiger partial charge in [-0.1, -0.05) is 0 Å². The lowest BCUT2D eigenvalue weighted by Crippen LogP contribution is -1.92. The summed E-state index contributed by atoms with van der Waals surface area (Å²) in [5.41, 5.74) is 7.13. The normalized spacial score (nSPS) is 10.0. The largest absolute Gasteiger partial charge is 0.383 e. The van der Waals surface area contributed by atoms with Crippen molar-refractivity contribution in [3.8, 4) is 11.3 Å². The average molecular weight is 161 g/mol. The van der Waals surface area contributed by atoms with Crippen LogP contribution in [0, 0.1) is 0 Å². The molecule has 2 heterocycles. The fraction of sp³-hybridized carbons (Fsp3) is 0. The van der Waals surface area contributed by atoms with Crippen molar-refractivity contribution >= 4 is 5.82 Å². The Bertz CT molecular complexity index is 367. The zero-order valence-electron chi connectivity index (χ0n) is 6.23. The van der Waals surface area contributed by atoms with Gasteiger partial charge in [0.15, 0.2) is 0 Å². The number of rotatable bonds is 1. The molecule has 60 valence electrons. The monoisotopic (exact) mass is 161 g/mol. The van der Waals surface area contributed by atoms with E-state index in [9.17, 15) is 0 Å². The van der Waals surface area contributed by atoms with Crippen molar-refractivity contribution in [3.05, 3.63) is 24.5 Å². The van der Waals surface area contributed by atoms with Crippen LogP contribution in [0.15, 0.2) is 24.5 Å². The first kappa shape index (κ1) is 6.78. The molecule has 0 saturated heterocycles. The van der Waals surface area contributed by atoms with Gasteiger partial charge in [-0.3, -0.25) is 0 Å². The van der Waals surface area contributed by atoms with Gasteiger partial charge in [0.2, 0.25) is 0 Å². The van der Waals surface area contributed by atoms with Crippen molar-refractivity contribution in [1.82, 2.24) is 20.4 Å². The Morgan fingerprint density at radius 2 is 2.33 bits per heavy atom. The lowest BCUT2D eigenvalue weighted by atomic mass is 10.2. The number of nitrogens with two attached hydrogens (primary N) is 1. The Morgan fingerprint density at radius 1 is 1.42 bits per heavy atom. The summed E-state index contributed by atoms with van der Waals surface area (Å²) >= 11 is 0. The second-order valence-electron chi connectivity index (χ2n) is 2.29. The standard InChI is InChI=1S/C7H7N5/c8-7-5(2-1-3-9-7)6-4-10-12-11-6/h1-4H,(H2,8,9)(H,10,11,12). The van der Waals surface area contributed by atoms with Gasteiger partial charge in [-0.25, -0.2) is 4.98 Å². The number of nitrogens with one attached hydrogen (secondary N) is 1. The highest BCUT2D eigenvalue weighted by molar-refractivity contribution is 5.69. The van der Waals surface area contributed by atoms with E-state index in [0.29, 0.717) is 11.5 Å². The van der Waals surface area contributed by atoms with E-state index in [1.165, 1.54) is 0 Å². The van der Waals surface area contributed by atoms with Gasteiger partial charge >= 0.3 is 0 Å². The van der Waals surface area contributed by atoms with Gasteiger partial charge in [-0.15, -0.1) is 0 Å². The molecule has 2 rings (SSSR count). The Balaban J connectivity index is 2.55. The van der Waals surface area contributed by atoms with Crippen LogP contribution in [-0.4, -0.2) is 20.4 Å². The predicted octanol–water partition coefficient (Wildman–Crippen LogP) is 0.449. The quantitative estimate of drug-likeness (QED) is 0.636. The third-order valence-corrected chi connectivity index (χ3v) is 1.53. The van der Waals surface area contributed by atoms with Crippen LogP contribution in [0.2, 0.25) is 0 Å². The van der Waals surface area contributed by atoms with E-state index >= 15 is 0 Å². The predicted molar refractivity (Wildman–Crippen MR) is 44.0 cm³/mol.